The number of piperazine rings is 1. The van der Waals surface area contributed by atoms with Gasteiger partial charge in [-0.25, -0.2) is 9.80 Å². The van der Waals surface area contributed by atoms with Gasteiger partial charge in [-0.2, -0.15) is 5.01 Å². The number of carbonyl (C=O) groups excluding carboxylic acids is 3. The van der Waals surface area contributed by atoms with Gasteiger partial charge in [-0.15, -0.1) is 0 Å². The topological polar surface area (TPSA) is 76.2 Å². The Morgan fingerprint density at radius 2 is 1.44 bits per heavy atom. The van der Waals surface area contributed by atoms with Crippen molar-refractivity contribution in [1.82, 2.24) is 25.1 Å². The molecule has 0 spiro atoms. The second-order valence-electron chi connectivity index (χ2n) is 10.5. The molecule has 0 aromatic heterocycles. The van der Waals surface area contributed by atoms with Crippen LogP contribution in [0.25, 0.3) is 0 Å². The number of alkyl halides is 1. The standard InChI is InChI=1S/C32H36IN5O3/c33-24-36-23-30(39)37-28(20-26-15-6-2-7-16-26)31(40)35(19-11-10-14-25-12-4-1-5-13-25)22-29(37)38(36)32(41)34-21-27-17-8-3-9-18-27/h1-9,12-13,15-18,28-29H,10-11,14,19-24H2,(H,34,41)/t28-,29-/m0/s1. The van der Waals surface area contributed by atoms with Crippen LogP contribution in [0.1, 0.15) is 29.5 Å². The van der Waals surface area contributed by atoms with E-state index in [1.54, 1.807) is 14.9 Å². The van der Waals surface area contributed by atoms with Gasteiger partial charge in [0.05, 0.1) is 17.6 Å². The molecule has 0 radical (unpaired) electrons. The third kappa shape index (κ3) is 7.08. The largest absolute Gasteiger partial charge is 0.337 e. The van der Waals surface area contributed by atoms with Crippen LogP contribution < -0.4 is 5.32 Å². The highest BCUT2D eigenvalue weighted by molar-refractivity contribution is 14.1. The molecular weight excluding hydrogens is 629 g/mol. The van der Waals surface area contributed by atoms with E-state index in [1.807, 2.05) is 83.8 Å². The Labute approximate surface area is 255 Å². The molecular formula is C32H36IN5O3. The van der Waals surface area contributed by atoms with E-state index in [0.717, 1.165) is 30.4 Å². The highest BCUT2D eigenvalue weighted by atomic mass is 127. The number of rotatable bonds is 10. The highest BCUT2D eigenvalue weighted by Crippen LogP contribution is 2.29. The minimum Gasteiger partial charge on any atom is -0.337 e. The first kappa shape index (κ1) is 29.1. The summed E-state index contributed by atoms with van der Waals surface area (Å²) >= 11 is 2.19. The SMILES string of the molecule is O=C1[C@H](Cc2ccccc2)N2C(=O)CN(CI)N(C(=O)NCc3ccccc3)[C@H]2CN1CCCCc1ccccc1. The van der Waals surface area contributed by atoms with Gasteiger partial charge < -0.3 is 15.1 Å². The molecule has 0 unspecified atom stereocenters. The molecule has 2 aliphatic rings. The van der Waals surface area contributed by atoms with Gasteiger partial charge in [0.25, 0.3) is 0 Å². The van der Waals surface area contributed by atoms with Gasteiger partial charge in [0, 0.05) is 19.5 Å². The molecule has 0 aliphatic carbocycles. The fraction of sp³-hybridized carbons (Fsp3) is 0.344. The van der Waals surface area contributed by atoms with Crippen LogP contribution in [-0.4, -0.2) is 74.1 Å². The van der Waals surface area contributed by atoms with Crippen molar-refractivity contribution in [1.29, 1.82) is 0 Å². The highest BCUT2D eigenvalue weighted by Gasteiger charge is 2.51. The van der Waals surface area contributed by atoms with Crippen LogP contribution >= 0.6 is 22.6 Å². The summed E-state index contributed by atoms with van der Waals surface area (Å²) in [5.41, 5.74) is 3.26. The Morgan fingerprint density at radius 3 is 2.07 bits per heavy atom. The van der Waals surface area contributed by atoms with Crippen LogP contribution in [0.5, 0.6) is 0 Å². The van der Waals surface area contributed by atoms with Crippen LogP contribution in [-0.2, 0) is 29.0 Å². The number of urea groups is 1. The molecule has 1 N–H and O–H groups in total. The molecule has 2 aliphatic heterocycles. The molecule has 2 heterocycles. The van der Waals surface area contributed by atoms with E-state index >= 15 is 0 Å². The maximum Gasteiger partial charge on any atom is 0.334 e. The number of nitrogens with zero attached hydrogens (tertiary/aromatic N) is 4. The Morgan fingerprint density at radius 1 is 0.829 bits per heavy atom. The predicted octanol–water partition coefficient (Wildman–Crippen LogP) is 4.45. The average Bonchev–Trinajstić information content (AvgIpc) is 3.01. The molecule has 0 saturated carbocycles. The number of aryl methyl sites for hydroxylation is 1. The lowest BCUT2D eigenvalue weighted by Gasteiger charge is -2.55. The summed E-state index contributed by atoms with van der Waals surface area (Å²) in [4.78, 5) is 44.7. The third-order valence-corrected chi connectivity index (χ3v) is 8.51. The molecule has 3 aromatic carbocycles. The summed E-state index contributed by atoms with van der Waals surface area (Å²) < 4.78 is 0.473. The van der Waals surface area contributed by atoms with E-state index < -0.39 is 12.2 Å². The zero-order chi connectivity index (χ0) is 28.6. The van der Waals surface area contributed by atoms with E-state index in [4.69, 9.17) is 0 Å². The average molecular weight is 666 g/mol. The summed E-state index contributed by atoms with van der Waals surface area (Å²) in [7, 11) is 0. The van der Waals surface area contributed by atoms with Crippen molar-refractivity contribution in [3.8, 4) is 0 Å². The zero-order valence-corrected chi connectivity index (χ0v) is 25.2. The quantitative estimate of drug-likeness (QED) is 0.150. The number of nitrogens with one attached hydrogen (secondary N) is 1. The molecule has 8 nitrogen and oxygen atoms in total. The van der Waals surface area contributed by atoms with Gasteiger partial charge in [-0.3, -0.25) is 9.59 Å². The van der Waals surface area contributed by atoms with E-state index in [-0.39, 0.29) is 30.9 Å². The number of amides is 4. The second kappa shape index (κ2) is 14.0. The first-order chi connectivity index (χ1) is 20.0. The molecule has 3 aromatic rings. The summed E-state index contributed by atoms with van der Waals surface area (Å²) in [6, 6.07) is 29.0. The Bertz CT molecular complexity index is 1310. The van der Waals surface area contributed by atoms with Gasteiger partial charge in [0.15, 0.2) is 0 Å². The van der Waals surface area contributed by atoms with Crippen molar-refractivity contribution in [2.24, 2.45) is 0 Å². The van der Waals surface area contributed by atoms with Crippen molar-refractivity contribution in [3.63, 3.8) is 0 Å². The summed E-state index contributed by atoms with van der Waals surface area (Å²) in [5.74, 6) is -0.178. The lowest BCUT2D eigenvalue weighted by molar-refractivity contribution is -0.187. The molecule has 4 amide bonds. The van der Waals surface area contributed by atoms with Crippen molar-refractivity contribution in [3.05, 3.63) is 108 Å². The fourth-order valence-corrected chi connectivity index (χ4v) is 6.24. The Kier molecular flexibility index (Phi) is 9.89. The van der Waals surface area contributed by atoms with Crippen LogP contribution in [0.15, 0.2) is 91.0 Å². The van der Waals surface area contributed by atoms with Crippen LogP contribution in [0.4, 0.5) is 4.79 Å². The first-order valence-electron chi connectivity index (χ1n) is 14.1. The lowest BCUT2D eigenvalue weighted by atomic mass is 9.98. The minimum atomic E-state index is -0.668. The molecule has 9 heteroatoms. The molecule has 5 rings (SSSR count). The van der Waals surface area contributed by atoms with Crippen LogP contribution in [0, 0.1) is 0 Å². The number of fused-ring (bicyclic) bond motifs is 1. The normalized spacial score (nSPS) is 19.3. The van der Waals surface area contributed by atoms with E-state index in [0.29, 0.717) is 24.1 Å². The number of unbranched alkanes of at least 4 members (excludes halogenated alkanes) is 1. The second-order valence-corrected chi connectivity index (χ2v) is 11.2. The van der Waals surface area contributed by atoms with Gasteiger partial charge in [-0.05, 0) is 36.0 Å². The molecule has 2 saturated heterocycles. The number of halogens is 1. The summed E-state index contributed by atoms with van der Waals surface area (Å²) in [5, 5.41) is 6.49. The van der Waals surface area contributed by atoms with Crippen molar-refractivity contribution in [2.45, 2.75) is 44.4 Å². The smallest absolute Gasteiger partial charge is 0.334 e. The molecule has 41 heavy (non-hydrogen) atoms. The van der Waals surface area contributed by atoms with Gasteiger partial charge in [-0.1, -0.05) is 114 Å². The monoisotopic (exact) mass is 665 g/mol. The van der Waals surface area contributed by atoms with Crippen LogP contribution in [0.3, 0.4) is 0 Å². The van der Waals surface area contributed by atoms with E-state index in [1.165, 1.54) is 5.56 Å². The van der Waals surface area contributed by atoms with Crippen molar-refractivity contribution in [2.75, 3.05) is 24.2 Å². The number of hydrogen-bond acceptors (Lipinski definition) is 4. The number of hydrogen-bond donors (Lipinski definition) is 1. The zero-order valence-electron chi connectivity index (χ0n) is 23.1. The van der Waals surface area contributed by atoms with E-state index in [2.05, 4.69) is 40.0 Å². The minimum absolute atomic E-state index is 0.0494. The summed E-state index contributed by atoms with van der Waals surface area (Å²) in [6.07, 6.45) is 2.57. The van der Waals surface area contributed by atoms with Gasteiger partial charge >= 0.3 is 6.03 Å². The number of benzene rings is 3. The Balaban J connectivity index is 1.37. The van der Waals surface area contributed by atoms with Gasteiger partial charge in [0.2, 0.25) is 11.8 Å². The van der Waals surface area contributed by atoms with Crippen molar-refractivity contribution < 1.29 is 14.4 Å². The maximum atomic E-state index is 13.9. The number of carbonyl (C=O) groups is 3. The Hall–Kier alpha value is -3.44. The van der Waals surface area contributed by atoms with Crippen molar-refractivity contribution >= 4 is 40.4 Å². The van der Waals surface area contributed by atoms with E-state index in [9.17, 15) is 14.4 Å². The lowest BCUT2D eigenvalue weighted by Crippen LogP contribution is -2.76. The molecule has 214 valence electrons. The molecule has 2 atom stereocenters. The van der Waals surface area contributed by atoms with Gasteiger partial charge in [0.1, 0.15) is 12.2 Å². The fourth-order valence-electron chi connectivity index (χ4n) is 5.67. The first-order valence-corrected chi connectivity index (χ1v) is 15.7. The van der Waals surface area contributed by atoms with Crippen LogP contribution in [0.2, 0.25) is 0 Å². The third-order valence-electron chi connectivity index (χ3n) is 7.72. The summed E-state index contributed by atoms with van der Waals surface area (Å²) in [6.45, 7) is 1.29. The molecule has 2 fully saturated rings. The predicted molar refractivity (Wildman–Crippen MR) is 167 cm³/mol. The maximum absolute atomic E-state index is 13.9. The number of hydrazine groups is 1. The molecule has 0 bridgehead atoms.